The van der Waals surface area contributed by atoms with E-state index < -0.39 is 17.8 Å². The second-order valence-electron chi connectivity index (χ2n) is 2.32. The van der Waals surface area contributed by atoms with Crippen LogP contribution in [0.25, 0.3) is 0 Å². The van der Waals surface area contributed by atoms with Gasteiger partial charge >= 0.3 is 6.18 Å². The Morgan fingerprint density at radius 1 is 1.33 bits per heavy atom. The van der Waals surface area contributed by atoms with Crippen LogP contribution in [0, 0.1) is 0 Å². The number of nitrogens with zero attached hydrogens (tertiary/aromatic N) is 2. The Balaban J connectivity index is 0.000000921. The minimum absolute atomic E-state index is 0.234. The van der Waals surface area contributed by atoms with Gasteiger partial charge in [0.05, 0.1) is 0 Å². The molecule has 0 aliphatic heterocycles. The summed E-state index contributed by atoms with van der Waals surface area (Å²) in [6, 6.07) is 1.14. The zero-order valence-electron chi connectivity index (χ0n) is 8.59. The van der Waals surface area contributed by atoms with E-state index in [1.807, 2.05) is 13.8 Å². The second-order valence-corrected chi connectivity index (χ2v) is 2.32. The van der Waals surface area contributed by atoms with Crippen molar-refractivity contribution in [1.29, 1.82) is 0 Å². The molecule has 1 aromatic rings. The van der Waals surface area contributed by atoms with Gasteiger partial charge in [-0.15, -0.1) is 0 Å². The van der Waals surface area contributed by atoms with Gasteiger partial charge in [-0.05, 0) is 6.07 Å². The summed E-state index contributed by atoms with van der Waals surface area (Å²) in [5.74, 6) is -1.81. The molecule has 0 aromatic carbocycles. The van der Waals surface area contributed by atoms with Crippen molar-refractivity contribution in [3.8, 4) is 0 Å². The normalized spacial score (nSPS) is 10.3. The van der Waals surface area contributed by atoms with Gasteiger partial charge in [-0.3, -0.25) is 4.79 Å². The molecule has 1 aromatic heterocycles. The lowest BCUT2D eigenvalue weighted by Crippen LogP contribution is -2.13. The number of hydrogen-bond donors (Lipinski definition) is 0. The molecular weight excluding hydrogens is 209 g/mol. The zero-order chi connectivity index (χ0) is 12.1. The average Bonchev–Trinajstić information content (AvgIpc) is 2.20. The summed E-state index contributed by atoms with van der Waals surface area (Å²) < 4.78 is 36.0. The maximum Gasteiger partial charge on any atom is 0.451 e. The van der Waals surface area contributed by atoms with Crippen LogP contribution >= 0.6 is 0 Å². The lowest BCUT2D eigenvalue weighted by Gasteiger charge is -2.04. The molecule has 0 aliphatic rings. The molecule has 0 N–H and O–H groups in total. The highest BCUT2D eigenvalue weighted by Crippen LogP contribution is 2.25. The van der Waals surface area contributed by atoms with Gasteiger partial charge in [-0.2, -0.15) is 13.2 Å². The summed E-state index contributed by atoms with van der Waals surface area (Å²) in [7, 11) is 0. The number of alkyl halides is 3. The number of ketones is 1. The average molecular weight is 220 g/mol. The number of carbonyl (C=O) groups is 1. The molecule has 3 nitrogen and oxygen atoms in total. The molecule has 0 saturated heterocycles. The summed E-state index contributed by atoms with van der Waals surface area (Å²) >= 11 is 0. The largest absolute Gasteiger partial charge is 0.451 e. The van der Waals surface area contributed by atoms with Crippen LogP contribution in [0.3, 0.4) is 0 Å². The Labute approximate surface area is 85.4 Å². The van der Waals surface area contributed by atoms with E-state index in [1.54, 1.807) is 0 Å². The predicted octanol–water partition coefficient (Wildman–Crippen LogP) is 2.72. The van der Waals surface area contributed by atoms with E-state index in [0.29, 0.717) is 0 Å². The van der Waals surface area contributed by atoms with Crippen molar-refractivity contribution in [2.24, 2.45) is 0 Å². The third-order valence-electron chi connectivity index (χ3n) is 1.27. The Kier molecular flexibility index (Phi) is 4.90. The fourth-order valence-corrected chi connectivity index (χ4v) is 0.691. The first kappa shape index (κ1) is 13.5. The SMILES string of the molecule is CC.CC(=O)c1ccnc(C(F)(F)F)n1. The number of Topliss-reactive ketones (excluding diaryl/α,β-unsaturated/α-hetero) is 1. The molecular formula is C9H11F3N2O. The quantitative estimate of drug-likeness (QED) is 0.683. The minimum atomic E-state index is -4.61. The molecule has 0 atom stereocenters. The molecule has 0 saturated carbocycles. The van der Waals surface area contributed by atoms with E-state index in [4.69, 9.17) is 0 Å². The Morgan fingerprint density at radius 3 is 2.27 bits per heavy atom. The number of rotatable bonds is 1. The highest BCUT2D eigenvalue weighted by molar-refractivity contribution is 5.91. The van der Waals surface area contributed by atoms with Crippen LogP contribution in [-0.4, -0.2) is 15.8 Å². The molecule has 0 spiro atoms. The summed E-state index contributed by atoms with van der Waals surface area (Å²) in [5.41, 5.74) is -0.234. The van der Waals surface area contributed by atoms with Crippen LogP contribution < -0.4 is 0 Å². The third kappa shape index (κ3) is 4.05. The number of carbonyl (C=O) groups excluding carboxylic acids is 1. The molecule has 0 unspecified atom stereocenters. The van der Waals surface area contributed by atoms with Crippen molar-refractivity contribution < 1.29 is 18.0 Å². The van der Waals surface area contributed by atoms with E-state index >= 15 is 0 Å². The smallest absolute Gasteiger partial charge is 0.293 e. The Bertz CT molecular complexity index is 336. The molecule has 1 rings (SSSR count). The first-order valence-corrected chi connectivity index (χ1v) is 4.32. The molecule has 6 heteroatoms. The molecule has 0 fully saturated rings. The standard InChI is InChI=1S/C7H5F3N2O.C2H6/c1-4(13)5-2-3-11-6(12-5)7(8,9)10;1-2/h2-3H,1H3;1-2H3. The van der Waals surface area contributed by atoms with Gasteiger partial charge < -0.3 is 0 Å². The number of aromatic nitrogens is 2. The van der Waals surface area contributed by atoms with Crippen molar-refractivity contribution in [3.05, 3.63) is 23.8 Å². The maximum absolute atomic E-state index is 12.0. The second kappa shape index (κ2) is 5.43. The molecule has 0 amide bonds. The van der Waals surface area contributed by atoms with Gasteiger partial charge in [0.2, 0.25) is 5.82 Å². The van der Waals surface area contributed by atoms with Crippen molar-refractivity contribution in [2.75, 3.05) is 0 Å². The highest BCUT2D eigenvalue weighted by atomic mass is 19.4. The van der Waals surface area contributed by atoms with Crippen LogP contribution in [0.5, 0.6) is 0 Å². The molecule has 15 heavy (non-hydrogen) atoms. The van der Waals surface area contributed by atoms with E-state index in [-0.39, 0.29) is 5.69 Å². The highest BCUT2D eigenvalue weighted by Gasteiger charge is 2.34. The Morgan fingerprint density at radius 2 is 1.87 bits per heavy atom. The topological polar surface area (TPSA) is 42.9 Å². The van der Waals surface area contributed by atoms with Gasteiger partial charge in [0.25, 0.3) is 0 Å². The molecule has 0 aliphatic carbocycles. The van der Waals surface area contributed by atoms with Gasteiger partial charge in [0.1, 0.15) is 5.69 Å². The molecule has 84 valence electrons. The van der Waals surface area contributed by atoms with Crippen molar-refractivity contribution in [3.63, 3.8) is 0 Å². The van der Waals surface area contributed by atoms with Gasteiger partial charge in [-0.25, -0.2) is 9.97 Å². The lowest BCUT2D eigenvalue weighted by molar-refractivity contribution is -0.145. The summed E-state index contributed by atoms with van der Waals surface area (Å²) in [6.07, 6.45) is -3.70. The summed E-state index contributed by atoms with van der Waals surface area (Å²) in [4.78, 5) is 16.7. The summed E-state index contributed by atoms with van der Waals surface area (Å²) in [5, 5.41) is 0. The molecule has 0 bridgehead atoms. The number of hydrogen-bond acceptors (Lipinski definition) is 3. The van der Waals surface area contributed by atoms with Crippen LogP contribution in [0.15, 0.2) is 12.3 Å². The fraction of sp³-hybridized carbons (Fsp3) is 0.444. The first-order valence-electron chi connectivity index (χ1n) is 4.32. The lowest BCUT2D eigenvalue weighted by atomic mass is 10.3. The van der Waals surface area contributed by atoms with Crippen LogP contribution in [0.4, 0.5) is 13.2 Å². The molecule has 0 radical (unpaired) electrons. The first-order chi connectivity index (χ1) is 6.91. The Hall–Kier alpha value is -1.46. The monoisotopic (exact) mass is 220 g/mol. The maximum atomic E-state index is 12.0. The van der Waals surface area contributed by atoms with Crippen molar-refractivity contribution >= 4 is 5.78 Å². The predicted molar refractivity (Wildman–Crippen MR) is 48.4 cm³/mol. The van der Waals surface area contributed by atoms with Crippen LogP contribution in [0.1, 0.15) is 37.1 Å². The fourth-order valence-electron chi connectivity index (χ4n) is 0.691. The van der Waals surface area contributed by atoms with Crippen LogP contribution in [-0.2, 0) is 6.18 Å². The van der Waals surface area contributed by atoms with E-state index in [1.165, 1.54) is 0 Å². The van der Waals surface area contributed by atoms with Gasteiger partial charge in [0, 0.05) is 13.1 Å². The van der Waals surface area contributed by atoms with Crippen LogP contribution in [0.2, 0.25) is 0 Å². The van der Waals surface area contributed by atoms with Crippen molar-refractivity contribution in [1.82, 2.24) is 9.97 Å². The van der Waals surface area contributed by atoms with Gasteiger partial charge in [-0.1, -0.05) is 13.8 Å². The summed E-state index contributed by atoms with van der Waals surface area (Å²) in [6.45, 7) is 5.14. The van der Waals surface area contributed by atoms with E-state index in [0.717, 1.165) is 19.2 Å². The molecule has 1 heterocycles. The van der Waals surface area contributed by atoms with E-state index in [2.05, 4.69) is 9.97 Å². The third-order valence-corrected chi connectivity index (χ3v) is 1.27. The number of halogens is 3. The van der Waals surface area contributed by atoms with Gasteiger partial charge in [0.15, 0.2) is 5.78 Å². The van der Waals surface area contributed by atoms with Crippen molar-refractivity contribution in [2.45, 2.75) is 26.9 Å². The zero-order valence-corrected chi connectivity index (χ0v) is 8.59. The minimum Gasteiger partial charge on any atom is -0.293 e. The van der Waals surface area contributed by atoms with E-state index in [9.17, 15) is 18.0 Å².